The number of nitrogens with one attached hydrogen (secondary N) is 1. The van der Waals surface area contributed by atoms with Crippen LogP contribution in [0, 0.1) is 17.8 Å². The summed E-state index contributed by atoms with van der Waals surface area (Å²) < 4.78 is 0. The van der Waals surface area contributed by atoms with Gasteiger partial charge in [-0.2, -0.15) is 11.8 Å². The van der Waals surface area contributed by atoms with Crippen molar-refractivity contribution in [2.24, 2.45) is 17.8 Å². The van der Waals surface area contributed by atoms with E-state index in [1.165, 1.54) is 37.3 Å². The fourth-order valence-corrected chi connectivity index (χ4v) is 3.97. The maximum Gasteiger partial charge on any atom is -0.00208 e. The molecule has 0 amide bonds. The Labute approximate surface area is 79.7 Å². The van der Waals surface area contributed by atoms with E-state index < -0.39 is 0 Å². The molecular weight excluding hydrogens is 166 g/mol. The van der Waals surface area contributed by atoms with Crippen LogP contribution in [0.15, 0.2) is 0 Å². The molecule has 3 unspecified atom stereocenters. The van der Waals surface area contributed by atoms with Crippen molar-refractivity contribution in [1.29, 1.82) is 0 Å². The van der Waals surface area contributed by atoms with E-state index >= 15 is 0 Å². The average molecular weight is 185 g/mol. The lowest BCUT2D eigenvalue weighted by molar-refractivity contribution is 0.116. The summed E-state index contributed by atoms with van der Waals surface area (Å²) in [6, 6.07) is 0. The largest absolute Gasteiger partial charge is 0.319 e. The van der Waals surface area contributed by atoms with Crippen molar-refractivity contribution >= 4 is 11.8 Å². The molecule has 1 aliphatic heterocycles. The number of hydrogen-bond acceptors (Lipinski definition) is 2. The minimum absolute atomic E-state index is 1.01. The van der Waals surface area contributed by atoms with Crippen molar-refractivity contribution < 1.29 is 0 Å². The third-order valence-electron chi connectivity index (χ3n) is 3.51. The number of hydrogen-bond donors (Lipinski definition) is 1. The van der Waals surface area contributed by atoms with E-state index in [4.69, 9.17) is 0 Å². The Hall–Kier alpha value is 0.310. The van der Waals surface area contributed by atoms with Gasteiger partial charge in [0.2, 0.25) is 0 Å². The van der Waals surface area contributed by atoms with Crippen LogP contribution in [0.1, 0.15) is 19.3 Å². The SMILES string of the molecule is CNCC1CCC1C1CCSC1. The first kappa shape index (κ1) is 8.89. The third kappa shape index (κ3) is 1.64. The van der Waals surface area contributed by atoms with Crippen molar-refractivity contribution in [2.45, 2.75) is 19.3 Å². The summed E-state index contributed by atoms with van der Waals surface area (Å²) >= 11 is 2.16. The van der Waals surface area contributed by atoms with Crippen LogP contribution in [0.4, 0.5) is 0 Å². The molecule has 1 aliphatic carbocycles. The molecule has 12 heavy (non-hydrogen) atoms. The summed E-state index contributed by atoms with van der Waals surface area (Å²) in [5.41, 5.74) is 0. The number of rotatable bonds is 3. The predicted molar refractivity (Wildman–Crippen MR) is 55.6 cm³/mol. The highest BCUT2D eigenvalue weighted by Gasteiger charge is 2.37. The minimum Gasteiger partial charge on any atom is -0.319 e. The Bertz CT molecular complexity index is 143. The predicted octanol–water partition coefficient (Wildman–Crippen LogP) is 1.99. The summed E-state index contributed by atoms with van der Waals surface area (Å²) in [6.45, 7) is 1.26. The third-order valence-corrected chi connectivity index (χ3v) is 4.70. The van der Waals surface area contributed by atoms with Crippen LogP contribution >= 0.6 is 11.8 Å². The summed E-state index contributed by atoms with van der Waals surface area (Å²) in [7, 11) is 2.08. The van der Waals surface area contributed by atoms with Gasteiger partial charge in [0, 0.05) is 0 Å². The summed E-state index contributed by atoms with van der Waals surface area (Å²) in [5, 5.41) is 3.32. The van der Waals surface area contributed by atoms with Crippen LogP contribution in [0.5, 0.6) is 0 Å². The maximum absolute atomic E-state index is 3.32. The molecule has 0 aromatic carbocycles. The molecule has 0 bridgehead atoms. The molecule has 70 valence electrons. The van der Waals surface area contributed by atoms with Crippen molar-refractivity contribution in [2.75, 3.05) is 25.1 Å². The summed E-state index contributed by atoms with van der Waals surface area (Å²) in [5.74, 6) is 6.03. The lowest BCUT2D eigenvalue weighted by Gasteiger charge is -2.40. The molecule has 1 nitrogen and oxygen atoms in total. The van der Waals surface area contributed by atoms with Crippen molar-refractivity contribution in [3.05, 3.63) is 0 Å². The Balaban J connectivity index is 1.79. The molecule has 2 fully saturated rings. The van der Waals surface area contributed by atoms with E-state index in [9.17, 15) is 0 Å². The fourth-order valence-electron chi connectivity index (χ4n) is 2.62. The van der Waals surface area contributed by atoms with Crippen LogP contribution in [0.2, 0.25) is 0 Å². The molecule has 0 aromatic heterocycles. The molecule has 3 atom stereocenters. The quantitative estimate of drug-likeness (QED) is 0.721. The molecule has 1 N–H and O–H groups in total. The van der Waals surface area contributed by atoms with E-state index in [1.807, 2.05) is 0 Å². The molecular formula is C10H19NS. The second-order valence-corrected chi connectivity index (χ2v) is 5.33. The monoisotopic (exact) mass is 185 g/mol. The van der Waals surface area contributed by atoms with E-state index in [1.54, 1.807) is 0 Å². The van der Waals surface area contributed by atoms with Crippen LogP contribution in [-0.4, -0.2) is 25.1 Å². The molecule has 2 aliphatic rings. The van der Waals surface area contributed by atoms with Gasteiger partial charge in [-0.3, -0.25) is 0 Å². The minimum atomic E-state index is 1.01. The molecule has 1 heterocycles. The maximum atomic E-state index is 3.32. The lowest BCUT2D eigenvalue weighted by atomic mass is 9.67. The topological polar surface area (TPSA) is 12.0 Å². The van der Waals surface area contributed by atoms with E-state index in [0.29, 0.717) is 0 Å². The number of thioether (sulfide) groups is 1. The van der Waals surface area contributed by atoms with Crippen LogP contribution in [0.3, 0.4) is 0 Å². The second-order valence-electron chi connectivity index (χ2n) is 4.18. The van der Waals surface area contributed by atoms with Gasteiger partial charge in [0.25, 0.3) is 0 Å². The van der Waals surface area contributed by atoms with Gasteiger partial charge in [-0.05, 0) is 62.1 Å². The van der Waals surface area contributed by atoms with Gasteiger partial charge in [0.15, 0.2) is 0 Å². The summed E-state index contributed by atoms with van der Waals surface area (Å²) in [4.78, 5) is 0. The Morgan fingerprint density at radius 3 is 2.75 bits per heavy atom. The Morgan fingerprint density at radius 1 is 1.33 bits per heavy atom. The summed E-state index contributed by atoms with van der Waals surface area (Å²) in [6.07, 6.45) is 4.49. The highest BCUT2D eigenvalue weighted by Crippen LogP contribution is 2.44. The lowest BCUT2D eigenvalue weighted by Crippen LogP contribution is -2.38. The molecule has 2 heteroatoms. The Kier molecular flexibility index (Phi) is 2.97. The van der Waals surface area contributed by atoms with Crippen molar-refractivity contribution in [3.8, 4) is 0 Å². The van der Waals surface area contributed by atoms with E-state index in [-0.39, 0.29) is 0 Å². The highest BCUT2D eigenvalue weighted by molar-refractivity contribution is 7.99. The molecule has 1 saturated carbocycles. The van der Waals surface area contributed by atoms with Crippen molar-refractivity contribution in [3.63, 3.8) is 0 Å². The zero-order valence-electron chi connectivity index (χ0n) is 7.88. The van der Waals surface area contributed by atoms with Gasteiger partial charge < -0.3 is 5.32 Å². The molecule has 0 spiro atoms. The van der Waals surface area contributed by atoms with E-state index in [2.05, 4.69) is 24.1 Å². The normalized spacial score (nSPS) is 41.2. The highest BCUT2D eigenvalue weighted by atomic mass is 32.2. The zero-order chi connectivity index (χ0) is 8.39. The first-order chi connectivity index (χ1) is 5.92. The first-order valence-corrected chi connectivity index (χ1v) is 6.29. The second kappa shape index (κ2) is 4.01. The van der Waals surface area contributed by atoms with Gasteiger partial charge in [-0.15, -0.1) is 0 Å². The van der Waals surface area contributed by atoms with E-state index in [0.717, 1.165) is 17.8 Å². The van der Waals surface area contributed by atoms with Crippen molar-refractivity contribution in [1.82, 2.24) is 5.32 Å². The van der Waals surface area contributed by atoms with Gasteiger partial charge in [-0.25, -0.2) is 0 Å². The molecule has 2 rings (SSSR count). The Morgan fingerprint density at radius 2 is 2.25 bits per heavy atom. The molecule has 1 saturated heterocycles. The average Bonchev–Trinajstić information content (AvgIpc) is 2.51. The van der Waals surface area contributed by atoms with Crippen LogP contribution in [0.25, 0.3) is 0 Å². The van der Waals surface area contributed by atoms with Crippen LogP contribution < -0.4 is 5.32 Å². The van der Waals surface area contributed by atoms with Gasteiger partial charge in [0.1, 0.15) is 0 Å². The first-order valence-electron chi connectivity index (χ1n) is 5.14. The standard InChI is InChI=1S/C10H19NS/c1-11-6-8-2-3-10(8)9-4-5-12-7-9/h8-11H,2-7H2,1H3. The fraction of sp³-hybridized carbons (Fsp3) is 1.00. The van der Waals surface area contributed by atoms with Gasteiger partial charge >= 0.3 is 0 Å². The van der Waals surface area contributed by atoms with Crippen LogP contribution in [-0.2, 0) is 0 Å². The molecule has 0 radical (unpaired) electrons. The van der Waals surface area contributed by atoms with Gasteiger partial charge in [-0.1, -0.05) is 0 Å². The van der Waals surface area contributed by atoms with Gasteiger partial charge in [0.05, 0.1) is 0 Å². The smallest absolute Gasteiger partial charge is 0.00208 e. The zero-order valence-corrected chi connectivity index (χ0v) is 8.70. The molecule has 0 aromatic rings.